The SMILES string of the molecule is Cc1ccc(C(=O)N=Nc2cc(-c3ccccc3)oc2O)cc1. The maximum Gasteiger partial charge on any atom is 0.311 e. The zero-order chi connectivity index (χ0) is 16.2. The van der Waals surface area contributed by atoms with Crippen molar-refractivity contribution in [2.45, 2.75) is 6.92 Å². The van der Waals surface area contributed by atoms with Gasteiger partial charge >= 0.3 is 5.95 Å². The van der Waals surface area contributed by atoms with E-state index in [-0.39, 0.29) is 11.6 Å². The number of nitrogens with zero attached hydrogens (tertiary/aromatic N) is 2. The highest BCUT2D eigenvalue weighted by Gasteiger charge is 2.12. The Morgan fingerprint density at radius 2 is 1.74 bits per heavy atom. The fourth-order valence-electron chi connectivity index (χ4n) is 2.04. The molecule has 0 atom stereocenters. The second-order valence-corrected chi connectivity index (χ2v) is 5.04. The van der Waals surface area contributed by atoms with Gasteiger partial charge in [-0.25, -0.2) is 0 Å². The molecule has 0 spiro atoms. The lowest BCUT2D eigenvalue weighted by atomic mass is 10.1. The molecule has 0 aliphatic carbocycles. The molecule has 0 aliphatic rings. The molecule has 5 nitrogen and oxygen atoms in total. The highest BCUT2D eigenvalue weighted by atomic mass is 16.5. The first-order valence-corrected chi connectivity index (χ1v) is 7.04. The Kier molecular flexibility index (Phi) is 4.01. The predicted molar refractivity (Wildman–Crippen MR) is 85.8 cm³/mol. The predicted octanol–water partition coefficient (Wildman–Crippen LogP) is 4.88. The first-order valence-electron chi connectivity index (χ1n) is 7.04. The number of aryl methyl sites for hydroxylation is 1. The summed E-state index contributed by atoms with van der Waals surface area (Å²) in [5, 5.41) is 17.2. The number of azo groups is 1. The van der Waals surface area contributed by atoms with Crippen LogP contribution < -0.4 is 0 Å². The van der Waals surface area contributed by atoms with E-state index < -0.39 is 5.91 Å². The van der Waals surface area contributed by atoms with Crippen LogP contribution in [-0.2, 0) is 0 Å². The third-order valence-electron chi connectivity index (χ3n) is 3.30. The van der Waals surface area contributed by atoms with Gasteiger partial charge in [0.15, 0.2) is 5.69 Å². The minimum atomic E-state index is -0.480. The summed E-state index contributed by atoms with van der Waals surface area (Å²) in [4.78, 5) is 11.9. The van der Waals surface area contributed by atoms with E-state index in [9.17, 15) is 9.90 Å². The molecule has 0 bridgehead atoms. The molecule has 0 saturated heterocycles. The number of aromatic hydroxyl groups is 1. The van der Waals surface area contributed by atoms with Crippen molar-refractivity contribution in [3.8, 4) is 17.3 Å². The van der Waals surface area contributed by atoms with Gasteiger partial charge in [0.1, 0.15) is 5.76 Å². The monoisotopic (exact) mass is 306 g/mol. The normalized spacial score (nSPS) is 11.0. The van der Waals surface area contributed by atoms with E-state index in [1.54, 1.807) is 12.1 Å². The Labute approximate surface area is 132 Å². The van der Waals surface area contributed by atoms with Gasteiger partial charge in [-0.15, -0.1) is 10.2 Å². The second kappa shape index (κ2) is 6.27. The van der Waals surface area contributed by atoms with Crippen molar-refractivity contribution in [3.63, 3.8) is 0 Å². The highest BCUT2D eigenvalue weighted by molar-refractivity contribution is 5.94. The molecule has 0 aliphatic heterocycles. The summed E-state index contributed by atoms with van der Waals surface area (Å²) in [5.74, 6) is -0.393. The maximum atomic E-state index is 11.9. The first kappa shape index (κ1) is 14.7. The van der Waals surface area contributed by atoms with Crippen LogP contribution in [0.4, 0.5) is 5.69 Å². The highest BCUT2D eigenvalue weighted by Crippen LogP contribution is 2.36. The zero-order valence-corrected chi connectivity index (χ0v) is 12.4. The van der Waals surface area contributed by atoms with Crippen molar-refractivity contribution in [1.82, 2.24) is 0 Å². The summed E-state index contributed by atoms with van der Waals surface area (Å²) in [6.45, 7) is 1.93. The van der Waals surface area contributed by atoms with Crippen molar-refractivity contribution in [1.29, 1.82) is 0 Å². The van der Waals surface area contributed by atoms with Crippen LogP contribution in [0.1, 0.15) is 15.9 Å². The molecular weight excluding hydrogens is 292 g/mol. The molecule has 1 amide bonds. The standard InChI is InChI=1S/C18H14N2O3/c1-12-7-9-14(10-8-12)17(21)20-19-15-11-16(23-18(15)22)13-5-3-2-4-6-13/h2-11,22H,1H3. The lowest BCUT2D eigenvalue weighted by Crippen LogP contribution is -1.92. The van der Waals surface area contributed by atoms with Crippen molar-refractivity contribution in [2.75, 3.05) is 0 Å². The minimum absolute atomic E-state index is 0.115. The smallest absolute Gasteiger partial charge is 0.311 e. The Bertz CT molecular complexity index is 850. The van der Waals surface area contributed by atoms with E-state index in [1.165, 1.54) is 6.07 Å². The van der Waals surface area contributed by atoms with E-state index in [2.05, 4.69) is 10.2 Å². The molecule has 0 unspecified atom stereocenters. The van der Waals surface area contributed by atoms with Crippen molar-refractivity contribution in [3.05, 3.63) is 71.8 Å². The number of benzene rings is 2. The van der Waals surface area contributed by atoms with Crippen LogP contribution in [0.5, 0.6) is 5.95 Å². The number of carbonyl (C=O) groups is 1. The van der Waals surface area contributed by atoms with Gasteiger partial charge in [-0.3, -0.25) is 4.79 Å². The number of rotatable bonds is 3. The molecule has 0 saturated carbocycles. The lowest BCUT2D eigenvalue weighted by molar-refractivity contribution is 0.0995. The van der Waals surface area contributed by atoms with Gasteiger partial charge in [-0.1, -0.05) is 48.0 Å². The Hall–Kier alpha value is -3.21. The van der Waals surface area contributed by atoms with Crippen LogP contribution in [0, 0.1) is 6.92 Å². The number of hydrogen-bond donors (Lipinski definition) is 1. The molecule has 0 fully saturated rings. The largest absolute Gasteiger partial charge is 0.479 e. The van der Waals surface area contributed by atoms with Crippen LogP contribution in [0.25, 0.3) is 11.3 Å². The average molecular weight is 306 g/mol. The van der Waals surface area contributed by atoms with E-state index in [1.807, 2.05) is 49.4 Å². The quantitative estimate of drug-likeness (QED) is 0.700. The summed E-state index contributed by atoms with van der Waals surface area (Å²) in [5.41, 5.74) is 2.41. The molecule has 5 heteroatoms. The van der Waals surface area contributed by atoms with E-state index in [4.69, 9.17) is 4.42 Å². The Morgan fingerprint density at radius 3 is 2.43 bits per heavy atom. The average Bonchev–Trinajstić information content (AvgIpc) is 2.95. The van der Waals surface area contributed by atoms with Crippen LogP contribution in [0.15, 0.2) is 75.3 Å². The van der Waals surface area contributed by atoms with Gasteiger partial charge in [0.25, 0.3) is 5.91 Å². The van der Waals surface area contributed by atoms with Crippen LogP contribution >= 0.6 is 0 Å². The molecule has 1 N–H and O–H groups in total. The van der Waals surface area contributed by atoms with Gasteiger partial charge in [0.2, 0.25) is 0 Å². The summed E-state index contributed by atoms with van der Waals surface area (Å²) in [6.07, 6.45) is 0. The van der Waals surface area contributed by atoms with Crippen molar-refractivity contribution < 1.29 is 14.3 Å². The van der Waals surface area contributed by atoms with Crippen molar-refractivity contribution in [2.24, 2.45) is 10.2 Å². The fraction of sp³-hybridized carbons (Fsp3) is 0.0556. The van der Waals surface area contributed by atoms with Gasteiger partial charge in [0.05, 0.1) is 0 Å². The summed E-state index contributed by atoms with van der Waals surface area (Å²) in [7, 11) is 0. The summed E-state index contributed by atoms with van der Waals surface area (Å²) in [6, 6.07) is 17.8. The number of furan rings is 1. The molecule has 0 radical (unpaired) electrons. The topological polar surface area (TPSA) is 75.2 Å². The van der Waals surface area contributed by atoms with Gasteiger partial charge in [-0.2, -0.15) is 0 Å². The summed E-state index contributed by atoms with van der Waals surface area (Å²) >= 11 is 0. The van der Waals surface area contributed by atoms with Crippen LogP contribution in [0.3, 0.4) is 0 Å². The third-order valence-corrected chi connectivity index (χ3v) is 3.30. The number of hydrogen-bond acceptors (Lipinski definition) is 4. The molecule has 114 valence electrons. The lowest BCUT2D eigenvalue weighted by Gasteiger charge is -1.94. The number of amides is 1. The Morgan fingerprint density at radius 1 is 1.04 bits per heavy atom. The Balaban J connectivity index is 1.81. The van der Waals surface area contributed by atoms with E-state index in [0.29, 0.717) is 11.3 Å². The fourth-order valence-corrected chi connectivity index (χ4v) is 2.04. The third kappa shape index (κ3) is 3.35. The molecule has 1 heterocycles. The summed E-state index contributed by atoms with van der Waals surface area (Å²) < 4.78 is 5.24. The first-order chi connectivity index (χ1) is 11.1. The maximum absolute atomic E-state index is 11.9. The molecule has 2 aromatic carbocycles. The van der Waals surface area contributed by atoms with E-state index >= 15 is 0 Å². The second-order valence-electron chi connectivity index (χ2n) is 5.04. The molecular formula is C18H14N2O3. The minimum Gasteiger partial charge on any atom is -0.479 e. The molecule has 1 aromatic heterocycles. The molecule has 3 rings (SSSR count). The van der Waals surface area contributed by atoms with Gasteiger partial charge in [-0.05, 0) is 19.1 Å². The van der Waals surface area contributed by atoms with E-state index in [0.717, 1.165) is 11.1 Å². The van der Waals surface area contributed by atoms with Crippen molar-refractivity contribution >= 4 is 11.6 Å². The zero-order valence-electron chi connectivity index (χ0n) is 12.4. The van der Waals surface area contributed by atoms with Gasteiger partial charge < -0.3 is 9.52 Å². The van der Waals surface area contributed by atoms with Crippen LogP contribution in [0.2, 0.25) is 0 Å². The van der Waals surface area contributed by atoms with Crippen LogP contribution in [-0.4, -0.2) is 11.0 Å². The molecule has 23 heavy (non-hydrogen) atoms. The van der Waals surface area contributed by atoms with Gasteiger partial charge in [0, 0.05) is 17.2 Å². The molecule has 3 aromatic rings. The number of carbonyl (C=O) groups excluding carboxylic acids is 1.